The Hall–Kier alpha value is -2.25. The molecule has 1 aromatic carbocycles. The standard InChI is InChI=1S/C18H23N5O2/c1-2-22-17(25)14-5-3-4-6-15(14)23-16(19-20-18(22)23)11-21-9-7-13(12-24)8-10-21/h3-6,13,24H,2,7-12H2,1H3. The molecule has 0 spiro atoms. The van der Waals surface area contributed by atoms with Crippen molar-refractivity contribution in [3.05, 3.63) is 40.4 Å². The van der Waals surface area contributed by atoms with Crippen LogP contribution in [0.3, 0.4) is 0 Å². The number of hydrogen-bond donors (Lipinski definition) is 1. The predicted molar refractivity (Wildman–Crippen MR) is 95.5 cm³/mol. The Morgan fingerprint density at radius 3 is 2.68 bits per heavy atom. The average Bonchev–Trinajstić information content (AvgIpc) is 3.06. The maximum atomic E-state index is 12.7. The first-order valence-electron chi connectivity index (χ1n) is 8.91. The molecule has 3 aromatic rings. The summed E-state index contributed by atoms with van der Waals surface area (Å²) in [5, 5.41) is 18.7. The van der Waals surface area contributed by atoms with Gasteiger partial charge in [-0.05, 0) is 50.9 Å². The Bertz CT molecular complexity index is 953. The van der Waals surface area contributed by atoms with Crippen molar-refractivity contribution >= 4 is 16.7 Å². The smallest absolute Gasteiger partial charge is 0.262 e. The average molecular weight is 341 g/mol. The number of piperidine rings is 1. The molecule has 0 aliphatic carbocycles. The lowest BCUT2D eigenvalue weighted by molar-refractivity contribution is 0.125. The molecule has 0 saturated carbocycles. The molecule has 0 bridgehead atoms. The van der Waals surface area contributed by atoms with Crippen LogP contribution in [-0.2, 0) is 13.1 Å². The van der Waals surface area contributed by atoms with Crippen LogP contribution in [0.2, 0.25) is 0 Å². The number of aliphatic hydroxyl groups is 1. The van der Waals surface area contributed by atoms with E-state index >= 15 is 0 Å². The molecule has 1 N–H and O–H groups in total. The lowest BCUT2D eigenvalue weighted by atomic mass is 9.98. The number of nitrogens with zero attached hydrogens (tertiary/aromatic N) is 5. The normalized spacial score (nSPS) is 16.9. The SMILES string of the molecule is CCn1c(=O)c2ccccc2n2c(CN3CCC(CO)CC3)nnc12. The summed E-state index contributed by atoms with van der Waals surface area (Å²) in [6, 6.07) is 7.64. The Labute approximate surface area is 145 Å². The lowest BCUT2D eigenvalue weighted by Gasteiger charge is -2.30. The number of aliphatic hydroxyl groups excluding tert-OH is 1. The number of para-hydroxylation sites is 1. The second-order valence-corrected chi connectivity index (χ2v) is 6.72. The van der Waals surface area contributed by atoms with Crippen LogP contribution in [0.1, 0.15) is 25.6 Å². The molecule has 132 valence electrons. The van der Waals surface area contributed by atoms with Crippen molar-refractivity contribution in [3.8, 4) is 0 Å². The summed E-state index contributed by atoms with van der Waals surface area (Å²) in [6.07, 6.45) is 2.02. The van der Waals surface area contributed by atoms with Crippen LogP contribution in [-0.4, -0.2) is 48.9 Å². The second kappa shape index (κ2) is 6.57. The van der Waals surface area contributed by atoms with Gasteiger partial charge in [-0.25, -0.2) is 0 Å². The molecule has 2 aromatic heterocycles. The minimum Gasteiger partial charge on any atom is -0.396 e. The molecule has 3 heterocycles. The molecule has 4 rings (SSSR count). The summed E-state index contributed by atoms with van der Waals surface area (Å²) in [4.78, 5) is 15.0. The van der Waals surface area contributed by atoms with Gasteiger partial charge in [-0.2, -0.15) is 0 Å². The maximum absolute atomic E-state index is 12.7. The first kappa shape index (κ1) is 16.2. The molecular weight excluding hydrogens is 318 g/mol. The van der Waals surface area contributed by atoms with Gasteiger partial charge in [-0.1, -0.05) is 12.1 Å². The summed E-state index contributed by atoms with van der Waals surface area (Å²) in [5.74, 6) is 1.87. The predicted octanol–water partition coefficient (Wildman–Crippen LogP) is 1.27. The van der Waals surface area contributed by atoms with E-state index in [9.17, 15) is 9.90 Å². The van der Waals surface area contributed by atoms with E-state index in [0.717, 1.165) is 37.3 Å². The Balaban J connectivity index is 1.78. The van der Waals surface area contributed by atoms with Crippen molar-refractivity contribution in [3.63, 3.8) is 0 Å². The second-order valence-electron chi connectivity index (χ2n) is 6.72. The lowest BCUT2D eigenvalue weighted by Crippen LogP contribution is -2.35. The number of aryl methyl sites for hydroxylation is 1. The molecular formula is C18H23N5O2. The molecule has 0 radical (unpaired) electrons. The van der Waals surface area contributed by atoms with Gasteiger partial charge in [0.05, 0.1) is 17.4 Å². The third kappa shape index (κ3) is 2.73. The number of fused-ring (bicyclic) bond motifs is 3. The van der Waals surface area contributed by atoms with E-state index in [1.165, 1.54) is 0 Å². The van der Waals surface area contributed by atoms with Gasteiger partial charge in [0.2, 0.25) is 5.78 Å². The van der Waals surface area contributed by atoms with Crippen LogP contribution in [0.25, 0.3) is 16.7 Å². The zero-order valence-electron chi connectivity index (χ0n) is 14.4. The highest BCUT2D eigenvalue weighted by Gasteiger charge is 2.21. The van der Waals surface area contributed by atoms with Gasteiger partial charge in [-0.15, -0.1) is 10.2 Å². The molecule has 7 nitrogen and oxygen atoms in total. The van der Waals surface area contributed by atoms with E-state index in [2.05, 4.69) is 15.1 Å². The number of hydrogen-bond acceptors (Lipinski definition) is 5. The van der Waals surface area contributed by atoms with Gasteiger partial charge in [0.25, 0.3) is 5.56 Å². The van der Waals surface area contributed by atoms with Crippen molar-refractivity contribution in [2.24, 2.45) is 5.92 Å². The van der Waals surface area contributed by atoms with Crippen molar-refractivity contribution in [2.45, 2.75) is 32.9 Å². The molecule has 0 atom stereocenters. The molecule has 1 fully saturated rings. The molecule has 1 saturated heterocycles. The highest BCUT2D eigenvalue weighted by molar-refractivity contribution is 5.80. The van der Waals surface area contributed by atoms with E-state index in [-0.39, 0.29) is 12.2 Å². The van der Waals surface area contributed by atoms with Crippen molar-refractivity contribution < 1.29 is 5.11 Å². The zero-order valence-corrected chi connectivity index (χ0v) is 14.4. The third-order valence-electron chi connectivity index (χ3n) is 5.22. The van der Waals surface area contributed by atoms with Crippen molar-refractivity contribution in [1.82, 2.24) is 24.1 Å². The summed E-state index contributed by atoms with van der Waals surface area (Å²) in [5.41, 5.74) is 0.839. The van der Waals surface area contributed by atoms with Gasteiger partial charge in [0.15, 0.2) is 5.82 Å². The monoisotopic (exact) mass is 341 g/mol. The van der Waals surface area contributed by atoms with Gasteiger partial charge < -0.3 is 5.11 Å². The molecule has 0 amide bonds. The Morgan fingerprint density at radius 2 is 1.96 bits per heavy atom. The van der Waals surface area contributed by atoms with E-state index < -0.39 is 0 Å². The van der Waals surface area contributed by atoms with Crippen LogP contribution in [0, 0.1) is 5.92 Å². The Morgan fingerprint density at radius 1 is 1.20 bits per heavy atom. The van der Waals surface area contributed by atoms with Crippen LogP contribution in [0.5, 0.6) is 0 Å². The number of likely N-dealkylation sites (tertiary alicyclic amines) is 1. The minimum absolute atomic E-state index is 0.0201. The van der Waals surface area contributed by atoms with Gasteiger partial charge >= 0.3 is 0 Å². The number of benzene rings is 1. The van der Waals surface area contributed by atoms with Crippen molar-refractivity contribution in [2.75, 3.05) is 19.7 Å². The number of rotatable bonds is 4. The molecule has 1 aliphatic heterocycles. The fourth-order valence-corrected chi connectivity index (χ4v) is 3.73. The first-order chi connectivity index (χ1) is 12.2. The fraction of sp³-hybridized carbons (Fsp3) is 0.500. The Kier molecular flexibility index (Phi) is 4.27. The van der Waals surface area contributed by atoms with Crippen LogP contribution >= 0.6 is 0 Å². The van der Waals surface area contributed by atoms with E-state index in [1.54, 1.807) is 4.57 Å². The summed E-state index contributed by atoms with van der Waals surface area (Å²) in [6.45, 7) is 5.38. The molecule has 1 aliphatic rings. The highest BCUT2D eigenvalue weighted by Crippen LogP contribution is 2.20. The minimum atomic E-state index is -0.0201. The fourth-order valence-electron chi connectivity index (χ4n) is 3.73. The topological polar surface area (TPSA) is 75.7 Å². The van der Waals surface area contributed by atoms with Crippen LogP contribution in [0.15, 0.2) is 29.1 Å². The largest absolute Gasteiger partial charge is 0.396 e. The molecule has 0 unspecified atom stereocenters. The van der Waals surface area contributed by atoms with Gasteiger partial charge in [-0.3, -0.25) is 18.7 Å². The van der Waals surface area contributed by atoms with Crippen LogP contribution < -0.4 is 5.56 Å². The highest BCUT2D eigenvalue weighted by atomic mass is 16.3. The third-order valence-corrected chi connectivity index (χ3v) is 5.22. The van der Waals surface area contributed by atoms with Gasteiger partial charge in [0, 0.05) is 13.2 Å². The van der Waals surface area contributed by atoms with E-state index in [1.807, 2.05) is 35.6 Å². The maximum Gasteiger partial charge on any atom is 0.262 e. The molecule has 25 heavy (non-hydrogen) atoms. The van der Waals surface area contributed by atoms with Crippen molar-refractivity contribution in [1.29, 1.82) is 0 Å². The van der Waals surface area contributed by atoms with Gasteiger partial charge in [0.1, 0.15) is 0 Å². The van der Waals surface area contributed by atoms with Crippen LogP contribution in [0.4, 0.5) is 0 Å². The van der Waals surface area contributed by atoms with E-state index in [0.29, 0.717) is 30.2 Å². The van der Waals surface area contributed by atoms with E-state index in [4.69, 9.17) is 0 Å². The first-order valence-corrected chi connectivity index (χ1v) is 8.91. The number of aromatic nitrogens is 4. The molecule has 7 heteroatoms. The summed E-state index contributed by atoms with van der Waals surface area (Å²) in [7, 11) is 0. The quantitative estimate of drug-likeness (QED) is 0.773. The zero-order chi connectivity index (χ0) is 17.4. The summed E-state index contributed by atoms with van der Waals surface area (Å²) >= 11 is 0. The summed E-state index contributed by atoms with van der Waals surface area (Å²) < 4.78 is 3.69.